The molecule has 0 radical (unpaired) electrons. The van der Waals surface area contributed by atoms with E-state index in [1.54, 1.807) is 0 Å². The number of aryl methyl sites for hydroxylation is 1. The molecule has 0 bridgehead atoms. The summed E-state index contributed by atoms with van der Waals surface area (Å²) < 4.78 is 0. The van der Waals surface area contributed by atoms with Gasteiger partial charge in [-0.15, -0.1) is 0 Å². The third-order valence-corrected chi connectivity index (χ3v) is 4.10. The molecule has 1 aliphatic rings. The summed E-state index contributed by atoms with van der Waals surface area (Å²) in [5.74, 6) is 3.39. The van der Waals surface area contributed by atoms with Crippen LogP contribution in [0.25, 0.3) is 0 Å². The Labute approximate surface area is 122 Å². The summed E-state index contributed by atoms with van der Waals surface area (Å²) in [6, 6.07) is 0.652. The minimum atomic E-state index is 0.652. The third-order valence-electron chi connectivity index (χ3n) is 4.10. The van der Waals surface area contributed by atoms with Gasteiger partial charge in [0.25, 0.3) is 0 Å². The van der Waals surface area contributed by atoms with Crippen LogP contribution in [0.4, 0.5) is 11.6 Å². The maximum atomic E-state index is 4.52. The Bertz CT molecular complexity index is 458. The van der Waals surface area contributed by atoms with Crippen molar-refractivity contribution in [1.29, 1.82) is 0 Å². The first-order valence-electron chi connectivity index (χ1n) is 7.52. The van der Waals surface area contributed by atoms with Crippen LogP contribution in [-0.4, -0.2) is 47.6 Å². The van der Waals surface area contributed by atoms with E-state index in [0.29, 0.717) is 12.0 Å². The predicted octanol–water partition coefficient (Wildman–Crippen LogP) is 2.28. The van der Waals surface area contributed by atoms with Crippen LogP contribution >= 0.6 is 0 Å². The molecule has 5 nitrogen and oxygen atoms in total. The second-order valence-electron chi connectivity index (χ2n) is 5.97. The number of hydrogen-bond acceptors (Lipinski definition) is 5. The van der Waals surface area contributed by atoms with Crippen LogP contribution in [0, 0.1) is 19.8 Å². The van der Waals surface area contributed by atoms with Crippen molar-refractivity contribution < 1.29 is 0 Å². The Hall–Kier alpha value is -1.36. The van der Waals surface area contributed by atoms with Gasteiger partial charge in [-0.25, -0.2) is 9.97 Å². The lowest BCUT2D eigenvalue weighted by molar-refractivity contribution is 0.266. The summed E-state index contributed by atoms with van der Waals surface area (Å²) in [5, 5.41) is 6.64. The first-order valence-corrected chi connectivity index (χ1v) is 7.52. The summed E-state index contributed by atoms with van der Waals surface area (Å²) in [5.41, 5.74) is 1.09. The number of aromatic nitrogens is 2. The molecular formula is C15H27N5. The topological polar surface area (TPSA) is 53.1 Å². The van der Waals surface area contributed by atoms with E-state index in [4.69, 9.17) is 0 Å². The standard InChI is InChI=1S/C15H27N5/c1-10(2)20-7-6-13(9-20)8-17-15-11(3)14(16-5)18-12(4)19-15/h10,13H,6-9H2,1-5H3,(H2,16,17,18,19). The Balaban J connectivity index is 1.96. The molecule has 2 N–H and O–H groups in total. The van der Waals surface area contributed by atoms with Gasteiger partial charge in [-0.1, -0.05) is 0 Å². The molecule has 0 aliphatic carbocycles. The van der Waals surface area contributed by atoms with E-state index in [9.17, 15) is 0 Å². The third kappa shape index (κ3) is 3.39. The molecule has 1 atom stereocenters. The Morgan fingerprint density at radius 1 is 1.25 bits per heavy atom. The van der Waals surface area contributed by atoms with Gasteiger partial charge in [-0.3, -0.25) is 0 Å². The van der Waals surface area contributed by atoms with Crippen molar-refractivity contribution in [3.05, 3.63) is 11.4 Å². The zero-order valence-corrected chi connectivity index (χ0v) is 13.3. The van der Waals surface area contributed by atoms with E-state index in [2.05, 4.69) is 46.3 Å². The maximum Gasteiger partial charge on any atom is 0.134 e. The summed E-state index contributed by atoms with van der Waals surface area (Å²) >= 11 is 0. The van der Waals surface area contributed by atoms with Gasteiger partial charge in [-0.2, -0.15) is 0 Å². The highest BCUT2D eigenvalue weighted by atomic mass is 15.2. The van der Waals surface area contributed by atoms with Crippen LogP contribution in [0.5, 0.6) is 0 Å². The zero-order valence-electron chi connectivity index (χ0n) is 13.3. The smallest absolute Gasteiger partial charge is 0.134 e. The molecule has 0 spiro atoms. The molecule has 1 saturated heterocycles. The van der Waals surface area contributed by atoms with Crippen LogP contribution in [-0.2, 0) is 0 Å². The predicted molar refractivity (Wildman–Crippen MR) is 84.4 cm³/mol. The molecular weight excluding hydrogens is 250 g/mol. The molecule has 2 heterocycles. The van der Waals surface area contributed by atoms with Gasteiger partial charge in [-0.05, 0) is 46.6 Å². The van der Waals surface area contributed by atoms with Crippen molar-refractivity contribution in [2.24, 2.45) is 5.92 Å². The van der Waals surface area contributed by atoms with Gasteiger partial charge in [0, 0.05) is 31.7 Å². The average Bonchev–Trinajstić information content (AvgIpc) is 2.88. The first-order chi connectivity index (χ1) is 9.51. The number of hydrogen-bond donors (Lipinski definition) is 2. The zero-order chi connectivity index (χ0) is 14.7. The molecule has 5 heteroatoms. The summed E-state index contributed by atoms with van der Waals surface area (Å²) in [7, 11) is 1.90. The van der Waals surface area contributed by atoms with Gasteiger partial charge in [0.05, 0.1) is 0 Å². The fourth-order valence-electron chi connectivity index (χ4n) is 2.78. The molecule has 0 saturated carbocycles. The number of anilines is 2. The molecule has 1 aliphatic heterocycles. The fourth-order valence-corrected chi connectivity index (χ4v) is 2.78. The first kappa shape index (κ1) is 15.0. The van der Waals surface area contributed by atoms with E-state index >= 15 is 0 Å². The second-order valence-corrected chi connectivity index (χ2v) is 5.97. The monoisotopic (exact) mass is 277 g/mol. The van der Waals surface area contributed by atoms with Gasteiger partial charge < -0.3 is 15.5 Å². The lowest BCUT2D eigenvalue weighted by Gasteiger charge is -2.20. The fraction of sp³-hybridized carbons (Fsp3) is 0.733. The van der Waals surface area contributed by atoms with E-state index < -0.39 is 0 Å². The van der Waals surface area contributed by atoms with E-state index in [-0.39, 0.29) is 0 Å². The van der Waals surface area contributed by atoms with Crippen LogP contribution in [0.2, 0.25) is 0 Å². The minimum absolute atomic E-state index is 0.652. The molecule has 1 aromatic heterocycles. The second kappa shape index (κ2) is 6.39. The quantitative estimate of drug-likeness (QED) is 0.865. The van der Waals surface area contributed by atoms with Gasteiger partial charge in [0.1, 0.15) is 17.5 Å². The van der Waals surface area contributed by atoms with E-state index in [1.165, 1.54) is 19.5 Å². The lowest BCUT2D eigenvalue weighted by Crippen LogP contribution is -2.29. The van der Waals surface area contributed by atoms with Crippen LogP contribution in [0.1, 0.15) is 31.7 Å². The van der Waals surface area contributed by atoms with Crippen molar-refractivity contribution in [2.75, 3.05) is 37.3 Å². The molecule has 0 amide bonds. The van der Waals surface area contributed by atoms with Crippen molar-refractivity contribution >= 4 is 11.6 Å². The Morgan fingerprint density at radius 3 is 2.55 bits per heavy atom. The molecule has 2 rings (SSSR count). The largest absolute Gasteiger partial charge is 0.373 e. The lowest BCUT2D eigenvalue weighted by atomic mass is 10.1. The van der Waals surface area contributed by atoms with Crippen molar-refractivity contribution in [3.8, 4) is 0 Å². The Kier molecular flexibility index (Phi) is 4.81. The Morgan fingerprint density at radius 2 is 1.95 bits per heavy atom. The summed E-state index contributed by atoms with van der Waals surface area (Å²) in [4.78, 5) is 11.5. The van der Waals surface area contributed by atoms with Crippen LogP contribution < -0.4 is 10.6 Å². The van der Waals surface area contributed by atoms with E-state index in [0.717, 1.165) is 29.6 Å². The maximum absolute atomic E-state index is 4.52. The van der Waals surface area contributed by atoms with Crippen LogP contribution in [0.15, 0.2) is 0 Å². The van der Waals surface area contributed by atoms with Gasteiger partial charge in [0.15, 0.2) is 0 Å². The highest BCUT2D eigenvalue weighted by Crippen LogP contribution is 2.22. The SMILES string of the molecule is CNc1nc(C)nc(NCC2CCN(C(C)C)C2)c1C. The number of nitrogens with one attached hydrogen (secondary N) is 2. The van der Waals surface area contributed by atoms with Crippen molar-refractivity contribution in [2.45, 2.75) is 40.2 Å². The molecule has 1 aromatic rings. The van der Waals surface area contributed by atoms with Crippen molar-refractivity contribution in [3.63, 3.8) is 0 Å². The minimum Gasteiger partial charge on any atom is -0.373 e. The molecule has 112 valence electrons. The van der Waals surface area contributed by atoms with Crippen molar-refractivity contribution in [1.82, 2.24) is 14.9 Å². The molecule has 1 unspecified atom stereocenters. The van der Waals surface area contributed by atoms with E-state index in [1.807, 2.05) is 14.0 Å². The van der Waals surface area contributed by atoms with Gasteiger partial charge >= 0.3 is 0 Å². The average molecular weight is 277 g/mol. The highest BCUT2D eigenvalue weighted by molar-refractivity contribution is 5.56. The molecule has 20 heavy (non-hydrogen) atoms. The molecule has 0 aromatic carbocycles. The summed E-state index contributed by atoms with van der Waals surface area (Å²) in [6.45, 7) is 11.9. The number of rotatable bonds is 5. The molecule has 1 fully saturated rings. The number of nitrogens with zero attached hydrogens (tertiary/aromatic N) is 3. The summed E-state index contributed by atoms with van der Waals surface area (Å²) in [6.07, 6.45) is 1.27. The van der Waals surface area contributed by atoms with Crippen LogP contribution in [0.3, 0.4) is 0 Å². The number of likely N-dealkylation sites (tertiary alicyclic amines) is 1. The van der Waals surface area contributed by atoms with Gasteiger partial charge in [0.2, 0.25) is 0 Å². The highest BCUT2D eigenvalue weighted by Gasteiger charge is 2.24. The normalized spacial score (nSPS) is 19.6.